The smallest absolute Gasteiger partial charge is 0.241 e. The Morgan fingerprint density at radius 1 is 1.19 bits per heavy atom. The molecule has 0 aliphatic rings. The van der Waals surface area contributed by atoms with Gasteiger partial charge in [0.05, 0.1) is 22.0 Å². The van der Waals surface area contributed by atoms with Crippen molar-refractivity contribution >= 4 is 43.4 Å². The van der Waals surface area contributed by atoms with Crippen LogP contribution >= 0.6 is 15.9 Å². The van der Waals surface area contributed by atoms with Crippen molar-refractivity contribution in [1.82, 2.24) is 19.7 Å². The van der Waals surface area contributed by atoms with Gasteiger partial charge in [-0.1, -0.05) is 13.0 Å². The van der Waals surface area contributed by atoms with Gasteiger partial charge in [0.15, 0.2) is 0 Å². The van der Waals surface area contributed by atoms with Crippen LogP contribution in [0, 0.1) is 6.92 Å². The predicted octanol–water partition coefficient (Wildman–Crippen LogP) is 3.35. The van der Waals surface area contributed by atoms with Crippen molar-refractivity contribution in [3.8, 4) is 0 Å². The van der Waals surface area contributed by atoms with E-state index in [2.05, 4.69) is 46.2 Å². The molecule has 1 atom stereocenters. The van der Waals surface area contributed by atoms with Gasteiger partial charge in [-0.2, -0.15) is 4.98 Å². The molecule has 0 unspecified atom stereocenters. The number of hydrogen-bond donors (Lipinski definition) is 4. The fourth-order valence-corrected chi connectivity index (χ4v) is 4.44. The highest BCUT2D eigenvalue weighted by Crippen LogP contribution is 2.25. The van der Waals surface area contributed by atoms with Gasteiger partial charge < -0.3 is 15.7 Å². The first-order valence-corrected chi connectivity index (χ1v) is 12.3. The molecule has 0 spiro atoms. The summed E-state index contributed by atoms with van der Waals surface area (Å²) in [7, 11) is -3.74. The molecule has 3 aromatic rings. The Morgan fingerprint density at radius 3 is 2.62 bits per heavy atom. The maximum absolute atomic E-state index is 12.9. The summed E-state index contributed by atoms with van der Waals surface area (Å²) in [6.07, 6.45) is 5.54. The van der Waals surface area contributed by atoms with Crippen LogP contribution in [0.3, 0.4) is 0 Å². The Balaban J connectivity index is 1.80. The second kappa shape index (κ2) is 10.8. The molecule has 11 heteroatoms. The van der Waals surface area contributed by atoms with Crippen LogP contribution in [0.15, 0.2) is 58.3 Å². The van der Waals surface area contributed by atoms with E-state index in [1.807, 2.05) is 6.92 Å². The van der Waals surface area contributed by atoms with Crippen molar-refractivity contribution in [2.45, 2.75) is 37.8 Å². The summed E-state index contributed by atoms with van der Waals surface area (Å²) in [4.78, 5) is 12.8. The van der Waals surface area contributed by atoms with Gasteiger partial charge in [-0.05, 0) is 64.7 Å². The van der Waals surface area contributed by atoms with E-state index in [1.165, 1.54) is 0 Å². The number of aromatic nitrogens is 3. The number of rotatable bonds is 10. The van der Waals surface area contributed by atoms with Gasteiger partial charge >= 0.3 is 0 Å². The predicted molar refractivity (Wildman–Crippen MR) is 127 cm³/mol. The number of pyridine rings is 1. The molecule has 1 aromatic carbocycles. The highest BCUT2D eigenvalue weighted by molar-refractivity contribution is 9.10. The molecule has 3 rings (SSSR count). The van der Waals surface area contributed by atoms with Gasteiger partial charge in [0.2, 0.25) is 16.0 Å². The third-order valence-electron chi connectivity index (χ3n) is 4.75. The lowest BCUT2D eigenvalue weighted by Crippen LogP contribution is -2.24. The number of anilines is 3. The lowest BCUT2D eigenvalue weighted by Gasteiger charge is -2.16. The number of nitrogens with zero attached hydrogens (tertiary/aromatic N) is 3. The molecular formula is C21H25BrN6O3S. The molecule has 2 aromatic heterocycles. The Labute approximate surface area is 195 Å². The SMILES string of the molecule is CC[C@H](CO)Nc1nc(Nc2ccc(C)c(S(=O)(=O)NCc3ccncc3)c2)ncc1Br. The quantitative estimate of drug-likeness (QED) is 0.320. The second-order valence-electron chi connectivity index (χ2n) is 7.11. The van der Waals surface area contributed by atoms with Crippen molar-refractivity contribution in [3.05, 3.63) is 64.5 Å². The largest absolute Gasteiger partial charge is 0.394 e. The van der Waals surface area contributed by atoms with E-state index in [4.69, 9.17) is 0 Å². The number of aliphatic hydroxyl groups is 1. The molecule has 2 heterocycles. The van der Waals surface area contributed by atoms with E-state index < -0.39 is 10.0 Å². The van der Waals surface area contributed by atoms with Gasteiger partial charge in [-0.25, -0.2) is 18.1 Å². The van der Waals surface area contributed by atoms with E-state index in [1.54, 1.807) is 55.8 Å². The number of hydrogen-bond acceptors (Lipinski definition) is 8. The number of aryl methyl sites for hydroxylation is 1. The van der Waals surface area contributed by atoms with Gasteiger partial charge in [0, 0.05) is 30.8 Å². The van der Waals surface area contributed by atoms with Crippen LogP contribution in [0.4, 0.5) is 17.5 Å². The van der Waals surface area contributed by atoms with Crippen LogP contribution < -0.4 is 15.4 Å². The van der Waals surface area contributed by atoms with Crippen molar-refractivity contribution in [1.29, 1.82) is 0 Å². The third kappa shape index (κ3) is 6.22. The van der Waals surface area contributed by atoms with Crippen LogP contribution in [0.1, 0.15) is 24.5 Å². The average molecular weight is 521 g/mol. The zero-order valence-electron chi connectivity index (χ0n) is 17.7. The summed E-state index contributed by atoms with van der Waals surface area (Å²) in [6.45, 7) is 3.83. The molecule has 0 radical (unpaired) electrons. The van der Waals surface area contributed by atoms with E-state index in [9.17, 15) is 13.5 Å². The van der Waals surface area contributed by atoms with Crippen molar-refractivity contribution in [3.63, 3.8) is 0 Å². The van der Waals surface area contributed by atoms with Gasteiger partial charge in [0.25, 0.3) is 0 Å². The molecule has 0 saturated heterocycles. The highest BCUT2D eigenvalue weighted by Gasteiger charge is 2.18. The Bertz CT molecular complexity index is 1160. The number of halogens is 1. The Morgan fingerprint density at radius 2 is 1.94 bits per heavy atom. The second-order valence-corrected chi connectivity index (χ2v) is 9.70. The minimum Gasteiger partial charge on any atom is -0.394 e. The van der Waals surface area contributed by atoms with E-state index in [0.29, 0.717) is 27.5 Å². The third-order valence-corrected chi connectivity index (χ3v) is 6.87. The molecule has 0 aliphatic carbocycles. The summed E-state index contributed by atoms with van der Waals surface area (Å²) in [5.74, 6) is 0.822. The molecular weight excluding hydrogens is 496 g/mol. The number of benzene rings is 1. The molecule has 0 amide bonds. The van der Waals surface area contributed by atoms with E-state index in [-0.39, 0.29) is 24.1 Å². The lowest BCUT2D eigenvalue weighted by atomic mass is 10.2. The van der Waals surface area contributed by atoms with E-state index in [0.717, 1.165) is 12.0 Å². The van der Waals surface area contributed by atoms with Crippen LogP contribution in [0.25, 0.3) is 0 Å². The van der Waals surface area contributed by atoms with Crippen LogP contribution in [-0.2, 0) is 16.6 Å². The molecule has 0 aliphatic heterocycles. The lowest BCUT2D eigenvalue weighted by molar-refractivity contribution is 0.271. The average Bonchev–Trinajstić information content (AvgIpc) is 2.80. The van der Waals surface area contributed by atoms with Crippen molar-refractivity contribution in [2.24, 2.45) is 0 Å². The minimum atomic E-state index is -3.74. The highest BCUT2D eigenvalue weighted by atomic mass is 79.9. The normalized spacial score (nSPS) is 12.4. The van der Waals surface area contributed by atoms with Crippen LogP contribution in [-0.4, -0.2) is 41.1 Å². The number of nitrogens with one attached hydrogen (secondary N) is 3. The number of sulfonamides is 1. The zero-order valence-corrected chi connectivity index (χ0v) is 20.1. The molecule has 4 N–H and O–H groups in total. The van der Waals surface area contributed by atoms with Crippen LogP contribution in [0.2, 0.25) is 0 Å². The number of aliphatic hydroxyl groups excluding tert-OH is 1. The molecule has 170 valence electrons. The summed E-state index contributed by atoms with van der Waals surface area (Å²) in [5.41, 5.74) is 1.96. The first kappa shape index (κ1) is 24.1. The maximum Gasteiger partial charge on any atom is 0.241 e. The zero-order chi connectivity index (χ0) is 23.1. The van der Waals surface area contributed by atoms with Crippen LogP contribution in [0.5, 0.6) is 0 Å². The Kier molecular flexibility index (Phi) is 8.13. The Hall–Kier alpha value is -2.60. The monoisotopic (exact) mass is 520 g/mol. The summed E-state index contributed by atoms with van der Waals surface area (Å²) >= 11 is 3.40. The fourth-order valence-electron chi connectivity index (χ4n) is 2.85. The summed E-state index contributed by atoms with van der Waals surface area (Å²) < 4.78 is 29.1. The first-order chi connectivity index (χ1) is 15.3. The fraction of sp³-hybridized carbons (Fsp3) is 0.286. The molecule has 9 nitrogen and oxygen atoms in total. The minimum absolute atomic E-state index is 0.0264. The first-order valence-electron chi connectivity index (χ1n) is 9.98. The molecule has 0 saturated carbocycles. The summed E-state index contributed by atoms with van der Waals surface area (Å²) in [5, 5.41) is 15.6. The van der Waals surface area contributed by atoms with Gasteiger partial charge in [-0.15, -0.1) is 0 Å². The molecule has 0 fully saturated rings. The topological polar surface area (TPSA) is 129 Å². The van der Waals surface area contributed by atoms with Gasteiger partial charge in [0.1, 0.15) is 5.82 Å². The molecule has 32 heavy (non-hydrogen) atoms. The summed E-state index contributed by atoms with van der Waals surface area (Å²) in [6, 6.07) is 8.40. The van der Waals surface area contributed by atoms with Gasteiger partial charge in [-0.3, -0.25) is 4.98 Å². The maximum atomic E-state index is 12.9. The van der Waals surface area contributed by atoms with Crippen molar-refractivity contribution < 1.29 is 13.5 Å². The van der Waals surface area contributed by atoms with Crippen molar-refractivity contribution in [2.75, 3.05) is 17.2 Å². The standard InChI is InChI=1S/C21H25BrN6O3S/c1-3-16(13-29)26-20-18(22)12-24-21(28-20)27-17-5-4-14(2)19(10-17)32(30,31)25-11-15-6-8-23-9-7-15/h4-10,12,16,25,29H,3,11,13H2,1-2H3,(H2,24,26,27,28)/t16-/m1/s1. The molecule has 0 bridgehead atoms. The van der Waals surface area contributed by atoms with E-state index >= 15 is 0 Å².